The fourth-order valence-electron chi connectivity index (χ4n) is 2.74. The second kappa shape index (κ2) is 3.60. The fraction of sp³-hybridized carbons (Fsp3) is 0.385. The maximum absolute atomic E-state index is 11.9. The first-order chi connectivity index (χ1) is 8.12. The molecule has 1 atom stereocenters. The van der Waals surface area contributed by atoms with Gasteiger partial charge in [-0.1, -0.05) is 12.1 Å². The number of fused-ring (bicyclic) bond motifs is 3. The highest BCUT2D eigenvalue weighted by atomic mass is 32.2. The summed E-state index contributed by atoms with van der Waals surface area (Å²) in [5.74, 6) is 1.03. The van der Waals surface area contributed by atoms with Gasteiger partial charge in [-0.15, -0.1) is 0 Å². The van der Waals surface area contributed by atoms with E-state index in [9.17, 15) is 8.42 Å². The molecule has 4 heteroatoms. The molecule has 0 unspecified atom stereocenters. The Bertz CT molecular complexity index is 599. The van der Waals surface area contributed by atoms with Gasteiger partial charge in [0, 0.05) is 0 Å². The van der Waals surface area contributed by atoms with Gasteiger partial charge >= 0.3 is 0 Å². The van der Waals surface area contributed by atoms with Gasteiger partial charge in [0.1, 0.15) is 5.75 Å². The molecule has 0 spiro atoms. The van der Waals surface area contributed by atoms with Gasteiger partial charge < -0.3 is 4.74 Å². The molecule has 0 amide bonds. The summed E-state index contributed by atoms with van der Waals surface area (Å²) in [7, 11) is -1.28. The van der Waals surface area contributed by atoms with Crippen molar-refractivity contribution in [3.8, 4) is 5.75 Å². The van der Waals surface area contributed by atoms with Gasteiger partial charge in [-0.3, -0.25) is 0 Å². The minimum absolute atomic E-state index is 0.193. The quantitative estimate of drug-likeness (QED) is 0.763. The standard InChI is InChI=1S/C13H14O3S/c1-16-10-3-4-11-9(8-10)2-5-13-12(11)6-7-17(13,14)15/h3-4,6,8,13H,2,5,7H2,1H3/t13-/m0/s1. The van der Waals surface area contributed by atoms with Gasteiger partial charge in [0.15, 0.2) is 9.84 Å². The van der Waals surface area contributed by atoms with Crippen LogP contribution in [0, 0.1) is 0 Å². The molecule has 1 aromatic carbocycles. The second-order valence-electron chi connectivity index (χ2n) is 4.54. The Kier molecular flexibility index (Phi) is 2.30. The normalized spacial score (nSPS) is 24.8. The minimum Gasteiger partial charge on any atom is -0.497 e. The van der Waals surface area contributed by atoms with E-state index in [-0.39, 0.29) is 11.0 Å². The van der Waals surface area contributed by atoms with Crippen molar-refractivity contribution in [2.45, 2.75) is 18.1 Å². The van der Waals surface area contributed by atoms with Crippen molar-refractivity contribution in [3.05, 3.63) is 35.4 Å². The molecule has 0 bridgehead atoms. The lowest BCUT2D eigenvalue weighted by molar-refractivity contribution is 0.414. The summed E-state index contributed by atoms with van der Waals surface area (Å²) in [6, 6.07) is 5.89. The Morgan fingerprint density at radius 1 is 1.35 bits per heavy atom. The van der Waals surface area contributed by atoms with E-state index in [1.165, 1.54) is 5.56 Å². The Hall–Kier alpha value is -1.29. The van der Waals surface area contributed by atoms with E-state index < -0.39 is 9.84 Å². The molecule has 1 heterocycles. The van der Waals surface area contributed by atoms with E-state index in [0.29, 0.717) is 6.42 Å². The van der Waals surface area contributed by atoms with E-state index in [2.05, 4.69) is 0 Å². The monoisotopic (exact) mass is 250 g/mol. The molecular weight excluding hydrogens is 236 g/mol. The molecular formula is C13H14O3S. The lowest BCUT2D eigenvalue weighted by atomic mass is 9.87. The van der Waals surface area contributed by atoms with Crippen molar-refractivity contribution in [1.82, 2.24) is 0 Å². The highest BCUT2D eigenvalue weighted by molar-refractivity contribution is 7.93. The smallest absolute Gasteiger partial charge is 0.160 e. The summed E-state index contributed by atoms with van der Waals surface area (Å²) in [5, 5.41) is -0.275. The Morgan fingerprint density at radius 3 is 2.94 bits per heavy atom. The molecule has 1 aliphatic heterocycles. The van der Waals surface area contributed by atoms with Crippen molar-refractivity contribution in [1.29, 1.82) is 0 Å². The van der Waals surface area contributed by atoms with Gasteiger partial charge in [0.25, 0.3) is 0 Å². The number of benzene rings is 1. The number of hydrogen-bond acceptors (Lipinski definition) is 3. The van der Waals surface area contributed by atoms with Crippen LogP contribution in [0.5, 0.6) is 5.75 Å². The maximum atomic E-state index is 11.9. The van der Waals surface area contributed by atoms with E-state index >= 15 is 0 Å². The summed E-state index contributed by atoms with van der Waals surface area (Å²) in [6.45, 7) is 0. The number of hydrogen-bond donors (Lipinski definition) is 0. The predicted molar refractivity (Wildman–Crippen MR) is 66.9 cm³/mol. The van der Waals surface area contributed by atoms with Crippen molar-refractivity contribution in [2.24, 2.45) is 0 Å². The Balaban J connectivity index is 2.10. The van der Waals surface area contributed by atoms with Crippen LogP contribution < -0.4 is 4.74 Å². The van der Waals surface area contributed by atoms with Crippen LogP contribution in [-0.4, -0.2) is 26.5 Å². The predicted octanol–water partition coefficient (Wildman–Crippen LogP) is 1.82. The summed E-state index contributed by atoms with van der Waals surface area (Å²) < 4.78 is 28.9. The summed E-state index contributed by atoms with van der Waals surface area (Å²) >= 11 is 0. The van der Waals surface area contributed by atoms with Gasteiger partial charge in [-0.2, -0.15) is 0 Å². The lowest BCUT2D eigenvalue weighted by Gasteiger charge is -2.23. The molecule has 17 heavy (non-hydrogen) atoms. The minimum atomic E-state index is -2.93. The third-order valence-corrected chi connectivity index (χ3v) is 5.60. The molecule has 0 saturated carbocycles. The van der Waals surface area contributed by atoms with Crippen LogP contribution in [0.25, 0.3) is 5.57 Å². The molecule has 90 valence electrons. The molecule has 0 aromatic heterocycles. The summed E-state index contributed by atoms with van der Waals surface area (Å²) in [6.07, 6.45) is 3.38. The van der Waals surface area contributed by atoms with E-state index in [0.717, 1.165) is 23.3 Å². The fourth-order valence-corrected chi connectivity index (χ4v) is 4.47. The summed E-state index contributed by atoms with van der Waals surface area (Å²) in [5.41, 5.74) is 3.28. The number of methoxy groups -OCH3 is 1. The Labute approximate surface area is 101 Å². The summed E-state index contributed by atoms with van der Waals surface area (Å²) in [4.78, 5) is 0. The molecule has 1 aromatic rings. The zero-order valence-electron chi connectivity index (χ0n) is 9.64. The van der Waals surface area contributed by atoms with Gasteiger partial charge in [0.05, 0.1) is 18.1 Å². The first-order valence-corrected chi connectivity index (χ1v) is 7.42. The topological polar surface area (TPSA) is 43.4 Å². The third kappa shape index (κ3) is 1.59. The number of aryl methyl sites for hydroxylation is 1. The first-order valence-electron chi connectivity index (χ1n) is 5.71. The zero-order valence-corrected chi connectivity index (χ0v) is 10.5. The SMILES string of the molecule is COc1ccc2c(c1)CC[C@H]1C2=CCS1(=O)=O. The molecule has 2 aliphatic rings. The zero-order chi connectivity index (χ0) is 12.0. The molecule has 0 radical (unpaired) electrons. The molecule has 0 N–H and O–H groups in total. The van der Waals surface area contributed by atoms with Crippen LogP contribution in [-0.2, 0) is 16.3 Å². The van der Waals surface area contributed by atoms with E-state index in [4.69, 9.17) is 4.74 Å². The third-order valence-electron chi connectivity index (χ3n) is 3.62. The van der Waals surface area contributed by atoms with Crippen LogP contribution in [0.1, 0.15) is 17.5 Å². The van der Waals surface area contributed by atoms with Crippen LogP contribution in [0.4, 0.5) is 0 Å². The Morgan fingerprint density at radius 2 is 2.18 bits per heavy atom. The second-order valence-corrected chi connectivity index (χ2v) is 6.77. The maximum Gasteiger partial charge on any atom is 0.160 e. The highest BCUT2D eigenvalue weighted by Crippen LogP contribution is 2.40. The molecule has 0 saturated heterocycles. The van der Waals surface area contributed by atoms with Crippen molar-refractivity contribution in [2.75, 3.05) is 12.9 Å². The van der Waals surface area contributed by atoms with Crippen molar-refractivity contribution in [3.63, 3.8) is 0 Å². The van der Waals surface area contributed by atoms with Gasteiger partial charge in [-0.05, 0) is 41.7 Å². The highest BCUT2D eigenvalue weighted by Gasteiger charge is 2.37. The number of rotatable bonds is 1. The van der Waals surface area contributed by atoms with Gasteiger partial charge in [0.2, 0.25) is 0 Å². The van der Waals surface area contributed by atoms with Crippen LogP contribution in [0.15, 0.2) is 24.3 Å². The van der Waals surface area contributed by atoms with E-state index in [1.807, 2.05) is 24.3 Å². The van der Waals surface area contributed by atoms with Crippen LogP contribution in [0.2, 0.25) is 0 Å². The molecule has 3 nitrogen and oxygen atoms in total. The van der Waals surface area contributed by atoms with Crippen LogP contribution >= 0.6 is 0 Å². The first kappa shape index (κ1) is 10.8. The molecule has 1 aliphatic carbocycles. The number of ether oxygens (including phenoxy) is 1. The molecule has 0 fully saturated rings. The van der Waals surface area contributed by atoms with Crippen LogP contribution in [0.3, 0.4) is 0 Å². The van der Waals surface area contributed by atoms with Crippen molar-refractivity contribution >= 4 is 15.4 Å². The number of sulfone groups is 1. The lowest BCUT2D eigenvalue weighted by Crippen LogP contribution is -2.23. The van der Waals surface area contributed by atoms with Crippen molar-refractivity contribution < 1.29 is 13.2 Å². The average Bonchev–Trinajstić information content (AvgIpc) is 2.65. The van der Waals surface area contributed by atoms with Gasteiger partial charge in [-0.25, -0.2) is 8.42 Å². The van der Waals surface area contributed by atoms with E-state index in [1.54, 1.807) is 7.11 Å². The average molecular weight is 250 g/mol. The molecule has 3 rings (SSSR count). The largest absolute Gasteiger partial charge is 0.497 e.